The quantitative estimate of drug-likeness (QED) is 0.632. The van der Waals surface area contributed by atoms with Gasteiger partial charge in [0.15, 0.2) is 6.29 Å². The summed E-state index contributed by atoms with van der Waals surface area (Å²) in [4.78, 5) is 21.3. The molecule has 0 aromatic carbocycles. The fourth-order valence-corrected chi connectivity index (χ4v) is 1.95. The molecular weight excluding hydrogens is 254 g/mol. The van der Waals surface area contributed by atoms with Crippen LogP contribution in [0, 0.1) is 6.92 Å². The van der Waals surface area contributed by atoms with Gasteiger partial charge in [-0.3, -0.25) is 4.79 Å². The molecule has 18 heavy (non-hydrogen) atoms. The molecule has 1 aromatic heterocycles. The minimum atomic E-state index is 0.0947. The lowest BCUT2D eigenvalue weighted by atomic mass is 10.2. The van der Waals surface area contributed by atoms with Crippen molar-refractivity contribution in [1.82, 2.24) is 9.97 Å². The van der Waals surface area contributed by atoms with E-state index in [0.717, 1.165) is 0 Å². The molecular formula is C12H18ClN3O2. The first-order valence-corrected chi connectivity index (χ1v) is 6.25. The number of hydrogen-bond donors (Lipinski definition) is 1. The van der Waals surface area contributed by atoms with E-state index >= 15 is 0 Å². The van der Waals surface area contributed by atoms with Gasteiger partial charge in [-0.1, -0.05) is 11.6 Å². The highest BCUT2D eigenvalue weighted by Gasteiger charge is 2.19. The van der Waals surface area contributed by atoms with Gasteiger partial charge >= 0.3 is 0 Å². The Hall–Kier alpha value is -1.20. The molecule has 0 saturated carbocycles. The van der Waals surface area contributed by atoms with Crippen molar-refractivity contribution in [2.24, 2.45) is 0 Å². The number of rotatable bonds is 6. The first-order valence-electron chi connectivity index (χ1n) is 5.88. The zero-order chi connectivity index (χ0) is 13.7. The van der Waals surface area contributed by atoms with E-state index in [2.05, 4.69) is 9.97 Å². The second-order valence-corrected chi connectivity index (χ2v) is 4.64. The number of nitrogens with zero attached hydrogens (tertiary/aromatic N) is 3. The number of carbonyl (C=O) groups is 1. The Morgan fingerprint density at radius 3 is 2.61 bits per heavy atom. The number of aromatic nitrogens is 2. The van der Waals surface area contributed by atoms with Gasteiger partial charge in [-0.15, -0.1) is 0 Å². The van der Waals surface area contributed by atoms with Crippen molar-refractivity contribution in [2.45, 2.75) is 33.2 Å². The standard InChI is InChI=1S/C12H18ClN3O2/c1-8(2)16(5-4-6-17)12-10(7-18)11(13)14-9(3)15-12/h7-8,17H,4-6H2,1-3H3. The van der Waals surface area contributed by atoms with E-state index in [1.807, 2.05) is 18.7 Å². The second kappa shape index (κ2) is 6.66. The van der Waals surface area contributed by atoms with E-state index in [-0.39, 0.29) is 17.8 Å². The van der Waals surface area contributed by atoms with Crippen molar-refractivity contribution in [2.75, 3.05) is 18.1 Å². The highest BCUT2D eigenvalue weighted by atomic mass is 35.5. The Kier molecular flexibility index (Phi) is 5.50. The van der Waals surface area contributed by atoms with Crippen molar-refractivity contribution in [3.8, 4) is 0 Å². The Labute approximate surface area is 112 Å². The van der Waals surface area contributed by atoms with Crippen LogP contribution in [0.5, 0.6) is 0 Å². The summed E-state index contributed by atoms with van der Waals surface area (Å²) in [6.45, 7) is 6.43. The van der Waals surface area contributed by atoms with Crippen molar-refractivity contribution < 1.29 is 9.90 Å². The molecule has 5 nitrogen and oxygen atoms in total. The molecule has 1 aromatic rings. The molecule has 0 fully saturated rings. The molecule has 0 spiro atoms. The molecule has 0 bridgehead atoms. The molecule has 1 N–H and O–H groups in total. The SMILES string of the molecule is Cc1nc(Cl)c(C=O)c(N(CCCO)C(C)C)n1. The first kappa shape index (κ1) is 14.9. The summed E-state index contributed by atoms with van der Waals surface area (Å²) in [5.41, 5.74) is 0.300. The van der Waals surface area contributed by atoms with Crippen LogP contribution in [-0.4, -0.2) is 40.6 Å². The highest BCUT2D eigenvalue weighted by Crippen LogP contribution is 2.24. The molecule has 6 heteroatoms. The summed E-state index contributed by atoms with van der Waals surface area (Å²) in [6.07, 6.45) is 1.28. The van der Waals surface area contributed by atoms with Crippen LogP contribution in [-0.2, 0) is 0 Å². The van der Waals surface area contributed by atoms with Gasteiger partial charge in [0.05, 0.1) is 5.56 Å². The van der Waals surface area contributed by atoms with Crippen LogP contribution in [0.25, 0.3) is 0 Å². The number of hydrogen-bond acceptors (Lipinski definition) is 5. The van der Waals surface area contributed by atoms with Gasteiger partial charge < -0.3 is 10.0 Å². The number of aliphatic hydroxyl groups excluding tert-OH is 1. The third-order valence-electron chi connectivity index (χ3n) is 2.56. The van der Waals surface area contributed by atoms with Gasteiger partial charge in [0.2, 0.25) is 0 Å². The lowest BCUT2D eigenvalue weighted by Gasteiger charge is -2.29. The molecule has 0 aliphatic heterocycles. The molecule has 0 atom stereocenters. The molecule has 100 valence electrons. The van der Waals surface area contributed by atoms with E-state index in [9.17, 15) is 4.79 Å². The minimum absolute atomic E-state index is 0.0947. The van der Waals surface area contributed by atoms with Gasteiger partial charge in [0.1, 0.15) is 16.8 Å². The second-order valence-electron chi connectivity index (χ2n) is 4.28. The molecule has 1 heterocycles. The minimum Gasteiger partial charge on any atom is -0.396 e. The van der Waals surface area contributed by atoms with E-state index in [0.29, 0.717) is 36.5 Å². The van der Waals surface area contributed by atoms with Gasteiger partial charge in [-0.2, -0.15) is 0 Å². The van der Waals surface area contributed by atoms with Crippen molar-refractivity contribution in [3.05, 3.63) is 16.5 Å². The predicted octanol–water partition coefficient (Wildman–Crippen LogP) is 1.85. The van der Waals surface area contributed by atoms with Crippen LogP contribution >= 0.6 is 11.6 Å². The molecule has 0 radical (unpaired) electrons. The van der Waals surface area contributed by atoms with Crippen LogP contribution in [0.2, 0.25) is 5.15 Å². The average Bonchev–Trinajstić information content (AvgIpc) is 2.28. The normalized spacial score (nSPS) is 10.8. The van der Waals surface area contributed by atoms with E-state index in [1.54, 1.807) is 6.92 Å². The van der Waals surface area contributed by atoms with Gasteiger partial charge in [-0.25, -0.2) is 9.97 Å². The average molecular weight is 272 g/mol. The van der Waals surface area contributed by atoms with Gasteiger partial charge in [0.25, 0.3) is 0 Å². The zero-order valence-corrected chi connectivity index (χ0v) is 11.6. The van der Waals surface area contributed by atoms with Crippen LogP contribution < -0.4 is 4.90 Å². The molecule has 0 saturated heterocycles. The summed E-state index contributed by atoms with van der Waals surface area (Å²) in [5, 5.41) is 9.09. The number of aryl methyl sites for hydroxylation is 1. The van der Waals surface area contributed by atoms with Crippen molar-refractivity contribution >= 4 is 23.7 Å². The Balaban J connectivity index is 3.21. The first-order chi connectivity index (χ1) is 8.51. The third kappa shape index (κ3) is 3.40. The number of halogens is 1. The van der Waals surface area contributed by atoms with Crippen molar-refractivity contribution in [1.29, 1.82) is 0 Å². The van der Waals surface area contributed by atoms with Crippen LogP contribution in [0.15, 0.2) is 0 Å². The van der Waals surface area contributed by atoms with E-state index in [1.165, 1.54) is 0 Å². The third-order valence-corrected chi connectivity index (χ3v) is 2.85. The van der Waals surface area contributed by atoms with Gasteiger partial charge in [0, 0.05) is 19.2 Å². The summed E-state index contributed by atoms with van der Waals surface area (Å²) >= 11 is 5.96. The summed E-state index contributed by atoms with van der Waals surface area (Å²) in [6, 6.07) is 0.153. The monoisotopic (exact) mass is 271 g/mol. The smallest absolute Gasteiger partial charge is 0.156 e. The van der Waals surface area contributed by atoms with Crippen LogP contribution in [0.4, 0.5) is 5.82 Å². The molecule has 1 rings (SSSR count). The molecule has 0 unspecified atom stereocenters. The van der Waals surface area contributed by atoms with E-state index < -0.39 is 0 Å². The topological polar surface area (TPSA) is 66.3 Å². The van der Waals surface area contributed by atoms with Crippen LogP contribution in [0.3, 0.4) is 0 Å². The number of aldehydes is 1. The summed E-state index contributed by atoms with van der Waals surface area (Å²) in [5.74, 6) is 1.06. The maximum absolute atomic E-state index is 11.1. The lowest BCUT2D eigenvalue weighted by Crippen LogP contribution is -2.34. The zero-order valence-electron chi connectivity index (χ0n) is 10.9. The lowest BCUT2D eigenvalue weighted by molar-refractivity contribution is 0.112. The number of anilines is 1. The Bertz CT molecular complexity index is 424. The fraction of sp³-hybridized carbons (Fsp3) is 0.583. The summed E-state index contributed by atoms with van der Waals surface area (Å²) < 4.78 is 0. The van der Waals surface area contributed by atoms with Crippen molar-refractivity contribution in [3.63, 3.8) is 0 Å². The predicted molar refractivity (Wildman–Crippen MR) is 71.4 cm³/mol. The molecule has 0 aliphatic rings. The van der Waals surface area contributed by atoms with E-state index in [4.69, 9.17) is 16.7 Å². The maximum Gasteiger partial charge on any atom is 0.156 e. The largest absolute Gasteiger partial charge is 0.396 e. The number of carbonyl (C=O) groups excluding carboxylic acids is 1. The fourth-order valence-electron chi connectivity index (χ4n) is 1.70. The number of aliphatic hydroxyl groups is 1. The van der Waals surface area contributed by atoms with Gasteiger partial charge in [-0.05, 0) is 27.2 Å². The highest BCUT2D eigenvalue weighted by molar-refractivity contribution is 6.32. The summed E-state index contributed by atoms with van der Waals surface area (Å²) in [7, 11) is 0. The Morgan fingerprint density at radius 1 is 1.44 bits per heavy atom. The molecule has 0 aliphatic carbocycles. The van der Waals surface area contributed by atoms with Crippen LogP contribution in [0.1, 0.15) is 36.5 Å². The molecule has 0 amide bonds. The maximum atomic E-state index is 11.1. The Morgan fingerprint density at radius 2 is 2.11 bits per heavy atom.